The van der Waals surface area contributed by atoms with E-state index < -0.39 is 35.1 Å². The molecule has 124 valence electrons. The van der Waals surface area contributed by atoms with Crippen molar-refractivity contribution in [3.8, 4) is 0 Å². The second kappa shape index (κ2) is 6.05. The van der Waals surface area contributed by atoms with Crippen LogP contribution in [0.25, 0.3) is 0 Å². The molecule has 23 heavy (non-hydrogen) atoms. The van der Waals surface area contributed by atoms with Crippen LogP contribution in [-0.4, -0.2) is 5.11 Å². The molecule has 2 aromatic carbocycles. The van der Waals surface area contributed by atoms with Gasteiger partial charge in [0.2, 0.25) is 0 Å². The van der Waals surface area contributed by atoms with Crippen LogP contribution in [0, 0.1) is 0 Å². The number of halogens is 7. The second-order valence-electron chi connectivity index (χ2n) is 4.76. The van der Waals surface area contributed by atoms with Crippen molar-refractivity contribution in [1.82, 2.24) is 0 Å². The standard InChI is InChI=1S/C15H9ClF6O/c16-12-4-2-1-3-11(12)13(23)8-5-9(14(17,18)19)7-10(6-8)15(20,21)22/h1-7,13,23H/t13-/m1/s1. The largest absolute Gasteiger partial charge is 0.416 e. The van der Waals surface area contributed by atoms with Gasteiger partial charge in [-0.3, -0.25) is 0 Å². The molecular weight excluding hydrogens is 346 g/mol. The van der Waals surface area contributed by atoms with Gasteiger partial charge in [-0.2, -0.15) is 26.3 Å². The van der Waals surface area contributed by atoms with Gasteiger partial charge in [0.1, 0.15) is 6.10 Å². The molecule has 2 rings (SSSR count). The molecule has 0 bridgehead atoms. The van der Waals surface area contributed by atoms with Crippen LogP contribution in [0.3, 0.4) is 0 Å². The zero-order valence-electron chi connectivity index (χ0n) is 11.2. The van der Waals surface area contributed by atoms with E-state index in [2.05, 4.69) is 0 Å². The molecule has 0 saturated carbocycles. The molecule has 0 aliphatic rings. The van der Waals surface area contributed by atoms with Crippen molar-refractivity contribution in [1.29, 1.82) is 0 Å². The van der Waals surface area contributed by atoms with Crippen molar-refractivity contribution < 1.29 is 31.4 Å². The highest BCUT2D eigenvalue weighted by atomic mass is 35.5. The highest BCUT2D eigenvalue weighted by Gasteiger charge is 2.37. The van der Waals surface area contributed by atoms with Gasteiger partial charge in [-0.1, -0.05) is 29.8 Å². The lowest BCUT2D eigenvalue weighted by molar-refractivity contribution is -0.143. The average Bonchev–Trinajstić information content (AvgIpc) is 2.45. The van der Waals surface area contributed by atoms with Crippen LogP contribution >= 0.6 is 11.6 Å². The van der Waals surface area contributed by atoms with Gasteiger partial charge in [-0.05, 0) is 29.8 Å². The smallest absolute Gasteiger partial charge is 0.384 e. The number of alkyl halides is 6. The molecule has 0 aromatic heterocycles. The normalized spacial score (nSPS) is 13.9. The molecule has 0 unspecified atom stereocenters. The molecule has 1 atom stereocenters. The Balaban J connectivity index is 2.60. The summed E-state index contributed by atoms with van der Waals surface area (Å²) < 4.78 is 76.8. The summed E-state index contributed by atoms with van der Waals surface area (Å²) >= 11 is 5.82. The molecule has 0 aliphatic carbocycles. The summed E-state index contributed by atoms with van der Waals surface area (Å²) in [5, 5.41) is 10.2. The Kier molecular flexibility index (Phi) is 4.64. The fourth-order valence-electron chi connectivity index (χ4n) is 2.01. The van der Waals surface area contributed by atoms with Crippen LogP contribution in [-0.2, 0) is 12.4 Å². The van der Waals surface area contributed by atoms with Gasteiger partial charge in [0.15, 0.2) is 0 Å². The molecule has 0 fully saturated rings. The third-order valence-corrected chi connectivity index (χ3v) is 3.47. The first-order chi connectivity index (χ1) is 10.5. The topological polar surface area (TPSA) is 20.2 Å². The van der Waals surface area contributed by atoms with Crippen LogP contribution in [0.15, 0.2) is 42.5 Å². The summed E-state index contributed by atoms with van der Waals surface area (Å²) in [5.74, 6) is 0. The molecular formula is C15H9ClF6O. The van der Waals surface area contributed by atoms with Crippen LogP contribution < -0.4 is 0 Å². The fraction of sp³-hybridized carbons (Fsp3) is 0.200. The van der Waals surface area contributed by atoms with Crippen LogP contribution in [0.1, 0.15) is 28.4 Å². The summed E-state index contributed by atoms with van der Waals surface area (Å²) in [4.78, 5) is 0. The number of hydrogen-bond donors (Lipinski definition) is 1. The molecule has 0 heterocycles. The Labute approximate surface area is 132 Å². The van der Waals surface area contributed by atoms with E-state index in [9.17, 15) is 31.4 Å². The maximum atomic E-state index is 12.8. The first kappa shape index (κ1) is 17.6. The van der Waals surface area contributed by atoms with Gasteiger partial charge in [-0.25, -0.2) is 0 Å². The molecule has 0 radical (unpaired) electrons. The summed E-state index contributed by atoms with van der Waals surface area (Å²) in [6.07, 6.45) is -11.7. The molecule has 0 aliphatic heterocycles. The first-order valence-corrected chi connectivity index (χ1v) is 6.60. The molecule has 0 amide bonds. The zero-order valence-corrected chi connectivity index (χ0v) is 12.0. The molecule has 1 N–H and O–H groups in total. The maximum Gasteiger partial charge on any atom is 0.416 e. The van der Waals surface area contributed by atoms with E-state index in [1.165, 1.54) is 24.3 Å². The third-order valence-electron chi connectivity index (χ3n) is 3.13. The van der Waals surface area contributed by atoms with Crippen molar-refractivity contribution >= 4 is 11.6 Å². The Morgan fingerprint density at radius 2 is 1.30 bits per heavy atom. The van der Waals surface area contributed by atoms with Crippen LogP contribution in [0.5, 0.6) is 0 Å². The molecule has 8 heteroatoms. The number of aliphatic hydroxyl groups is 1. The monoisotopic (exact) mass is 354 g/mol. The predicted molar refractivity (Wildman–Crippen MR) is 72.0 cm³/mol. The van der Waals surface area contributed by atoms with Gasteiger partial charge in [-0.15, -0.1) is 0 Å². The number of rotatable bonds is 2. The zero-order chi connectivity index (χ0) is 17.4. The minimum atomic E-state index is -4.98. The van der Waals surface area contributed by atoms with E-state index in [0.29, 0.717) is 12.1 Å². The predicted octanol–water partition coefficient (Wildman–Crippen LogP) is 5.46. The van der Waals surface area contributed by atoms with Crippen LogP contribution in [0.4, 0.5) is 26.3 Å². The quantitative estimate of drug-likeness (QED) is 0.710. The van der Waals surface area contributed by atoms with E-state index in [-0.39, 0.29) is 16.7 Å². The van der Waals surface area contributed by atoms with Crippen LogP contribution in [0.2, 0.25) is 5.02 Å². The Morgan fingerprint density at radius 3 is 1.74 bits per heavy atom. The minimum Gasteiger partial charge on any atom is -0.384 e. The van der Waals surface area contributed by atoms with Gasteiger partial charge in [0, 0.05) is 10.6 Å². The number of benzene rings is 2. The van der Waals surface area contributed by atoms with E-state index in [1.54, 1.807) is 0 Å². The van der Waals surface area contributed by atoms with Gasteiger partial charge in [0.05, 0.1) is 11.1 Å². The second-order valence-corrected chi connectivity index (χ2v) is 5.17. The summed E-state index contributed by atoms with van der Waals surface area (Å²) in [6, 6.07) is 6.63. The van der Waals surface area contributed by atoms with Crippen molar-refractivity contribution in [2.45, 2.75) is 18.5 Å². The van der Waals surface area contributed by atoms with E-state index in [1.807, 2.05) is 0 Å². The maximum absolute atomic E-state index is 12.8. The lowest BCUT2D eigenvalue weighted by Gasteiger charge is -2.18. The van der Waals surface area contributed by atoms with E-state index >= 15 is 0 Å². The van der Waals surface area contributed by atoms with Crippen molar-refractivity contribution in [2.75, 3.05) is 0 Å². The third kappa shape index (κ3) is 3.97. The molecule has 0 saturated heterocycles. The van der Waals surface area contributed by atoms with Crippen molar-refractivity contribution in [2.24, 2.45) is 0 Å². The summed E-state index contributed by atoms with van der Waals surface area (Å²) in [6.45, 7) is 0. The Morgan fingerprint density at radius 1 is 0.826 bits per heavy atom. The lowest BCUT2D eigenvalue weighted by Crippen LogP contribution is -2.13. The average molecular weight is 355 g/mol. The van der Waals surface area contributed by atoms with Gasteiger partial charge in [0.25, 0.3) is 0 Å². The Bertz CT molecular complexity index is 676. The summed E-state index contributed by atoms with van der Waals surface area (Å²) in [7, 11) is 0. The molecule has 0 spiro atoms. The SMILES string of the molecule is O[C@H](c1cc(C(F)(F)F)cc(C(F)(F)F)c1)c1ccccc1Cl. The lowest BCUT2D eigenvalue weighted by atomic mass is 9.96. The molecule has 1 nitrogen and oxygen atoms in total. The molecule has 2 aromatic rings. The van der Waals surface area contributed by atoms with Crippen molar-refractivity contribution in [3.05, 3.63) is 69.7 Å². The highest BCUT2D eigenvalue weighted by molar-refractivity contribution is 6.31. The van der Waals surface area contributed by atoms with Gasteiger partial charge < -0.3 is 5.11 Å². The Hall–Kier alpha value is -1.73. The van der Waals surface area contributed by atoms with E-state index in [4.69, 9.17) is 11.6 Å². The minimum absolute atomic E-state index is 0.00280. The van der Waals surface area contributed by atoms with Crippen molar-refractivity contribution in [3.63, 3.8) is 0 Å². The first-order valence-electron chi connectivity index (χ1n) is 6.22. The number of hydrogen-bond acceptors (Lipinski definition) is 1. The fourth-order valence-corrected chi connectivity index (χ4v) is 2.25. The number of aliphatic hydroxyl groups excluding tert-OH is 1. The van der Waals surface area contributed by atoms with E-state index in [0.717, 1.165) is 0 Å². The summed E-state index contributed by atoms with van der Waals surface area (Å²) in [5.41, 5.74) is -3.51. The highest BCUT2D eigenvalue weighted by Crippen LogP contribution is 2.39. The van der Waals surface area contributed by atoms with Gasteiger partial charge >= 0.3 is 12.4 Å².